The van der Waals surface area contributed by atoms with Gasteiger partial charge in [0.1, 0.15) is 36.5 Å². The van der Waals surface area contributed by atoms with Crippen LogP contribution in [0.2, 0.25) is 0 Å². The fourth-order valence-electron chi connectivity index (χ4n) is 8.34. The number of aliphatic imine (C=N–C) groups is 1. The van der Waals surface area contributed by atoms with E-state index in [1.54, 1.807) is 16.5 Å². The third kappa shape index (κ3) is 14.1. The quantitative estimate of drug-likeness (QED) is 0.162. The van der Waals surface area contributed by atoms with Crippen LogP contribution in [0.15, 0.2) is 46.9 Å². The number of thioether (sulfide) groups is 1. The molecule has 2 saturated heterocycles. The number of nitrogens with zero attached hydrogens (tertiary/aromatic N) is 4. The van der Waals surface area contributed by atoms with E-state index in [0.29, 0.717) is 32.6 Å². The van der Waals surface area contributed by atoms with Gasteiger partial charge in [0.25, 0.3) is 0 Å². The normalized spacial score (nSPS) is 23.6. The Morgan fingerprint density at radius 2 is 1.60 bits per heavy atom. The topological polar surface area (TPSA) is 185 Å². The number of amides is 6. The molecule has 63 heavy (non-hydrogen) atoms. The van der Waals surface area contributed by atoms with Crippen LogP contribution in [0.5, 0.6) is 0 Å². The summed E-state index contributed by atoms with van der Waals surface area (Å²) in [5.41, 5.74) is -0.661. The van der Waals surface area contributed by atoms with Gasteiger partial charge in [-0.25, -0.2) is 0 Å². The van der Waals surface area contributed by atoms with Crippen molar-refractivity contribution in [2.45, 2.75) is 124 Å². The molecule has 6 amide bonds. The van der Waals surface area contributed by atoms with Crippen molar-refractivity contribution in [3.63, 3.8) is 0 Å². The van der Waals surface area contributed by atoms with Gasteiger partial charge >= 0.3 is 0 Å². The van der Waals surface area contributed by atoms with E-state index in [9.17, 15) is 28.8 Å². The summed E-state index contributed by atoms with van der Waals surface area (Å²) in [5, 5.41) is 17.3. The second kappa shape index (κ2) is 22.6. The van der Waals surface area contributed by atoms with Gasteiger partial charge in [0, 0.05) is 63.3 Å². The van der Waals surface area contributed by atoms with Gasteiger partial charge in [-0.1, -0.05) is 99.6 Å². The molecule has 0 spiro atoms. The molecule has 3 heterocycles. The fraction of sp³-hybridized carbons (Fsp3) is 0.674. The second-order valence-electron chi connectivity index (χ2n) is 19.8. The van der Waals surface area contributed by atoms with Gasteiger partial charge in [-0.15, -0.1) is 12.6 Å². The van der Waals surface area contributed by atoms with Crippen molar-refractivity contribution < 1.29 is 28.8 Å². The van der Waals surface area contributed by atoms with E-state index >= 15 is 0 Å². The van der Waals surface area contributed by atoms with Crippen LogP contribution in [0, 0.1) is 22.7 Å². The number of carbonyl (C=O) groups excluding carboxylic acids is 6. The van der Waals surface area contributed by atoms with E-state index in [0.717, 1.165) is 17.1 Å². The monoisotopic (exact) mass is 912 g/mol. The average Bonchev–Trinajstić information content (AvgIpc) is 3.61. The molecular weight excluding hydrogens is 839 g/mol. The first-order valence-corrected chi connectivity index (χ1v) is 23.9. The Bertz CT molecular complexity index is 1830. The minimum Gasteiger partial charge on any atom is -0.378 e. The van der Waals surface area contributed by atoms with Gasteiger partial charge in [-0.2, -0.15) is 11.8 Å². The number of benzene rings is 1. The Morgan fingerprint density at radius 3 is 2.19 bits per heavy atom. The largest absolute Gasteiger partial charge is 0.378 e. The van der Waals surface area contributed by atoms with Crippen LogP contribution in [0.4, 0.5) is 0 Å². The number of hydrogen-bond acceptors (Lipinski definition) is 11. The van der Waals surface area contributed by atoms with Crippen molar-refractivity contribution in [2.24, 2.45) is 27.7 Å². The number of likely N-dealkylation sites (N-methyl/N-ethyl adjacent to an activating group) is 1. The van der Waals surface area contributed by atoms with Crippen LogP contribution < -0.4 is 26.6 Å². The van der Waals surface area contributed by atoms with Crippen molar-refractivity contribution in [3.8, 4) is 0 Å². The number of carbonyl (C=O) groups is 6. The summed E-state index contributed by atoms with van der Waals surface area (Å²) < 4.78 is 0. The van der Waals surface area contributed by atoms with E-state index in [4.69, 9.17) is 4.99 Å². The lowest BCUT2D eigenvalue weighted by Crippen LogP contribution is -2.65. The van der Waals surface area contributed by atoms with Crippen LogP contribution in [0.1, 0.15) is 93.6 Å². The van der Waals surface area contributed by atoms with Crippen molar-refractivity contribution in [2.75, 3.05) is 51.3 Å². The van der Waals surface area contributed by atoms with Gasteiger partial charge in [0.2, 0.25) is 35.4 Å². The summed E-state index contributed by atoms with van der Waals surface area (Å²) in [6.45, 7) is 20.6. The van der Waals surface area contributed by atoms with Crippen LogP contribution >= 0.6 is 24.4 Å². The minimum atomic E-state index is -1.08. The van der Waals surface area contributed by atoms with Crippen molar-refractivity contribution in [1.29, 1.82) is 0 Å². The molecule has 4 rings (SSSR count). The van der Waals surface area contributed by atoms with Crippen LogP contribution in [0.25, 0.3) is 0 Å². The van der Waals surface area contributed by atoms with Crippen molar-refractivity contribution in [3.05, 3.63) is 47.5 Å². The smallest absolute Gasteiger partial charge is 0.244 e. The summed E-state index contributed by atoms with van der Waals surface area (Å²) in [6.07, 6.45) is 2.46. The first-order valence-electron chi connectivity index (χ1n) is 22.3. The van der Waals surface area contributed by atoms with E-state index < -0.39 is 70.7 Å². The molecule has 0 saturated carbocycles. The number of hydrogen-bond donors (Lipinski definition) is 6. The molecule has 3 unspecified atom stereocenters. The van der Waals surface area contributed by atoms with E-state index in [2.05, 4.69) is 39.2 Å². The summed E-state index contributed by atoms with van der Waals surface area (Å²) in [4.78, 5) is 95.1. The fourth-order valence-corrected chi connectivity index (χ4v) is 9.48. The number of thiol groups is 1. The minimum absolute atomic E-state index is 0.0498. The Hall–Kier alpha value is -4.25. The Balaban J connectivity index is 1.74. The highest BCUT2D eigenvalue weighted by Gasteiger charge is 2.44. The molecule has 0 aliphatic carbocycles. The molecule has 17 heteroatoms. The summed E-state index contributed by atoms with van der Waals surface area (Å²) in [6, 6.07) is 4.27. The molecule has 15 nitrogen and oxygen atoms in total. The predicted octanol–water partition coefficient (Wildman–Crippen LogP) is 3.38. The maximum Gasteiger partial charge on any atom is 0.244 e. The van der Waals surface area contributed by atoms with E-state index in [-0.39, 0.29) is 48.4 Å². The Labute approximate surface area is 384 Å². The van der Waals surface area contributed by atoms with Gasteiger partial charge in [0.15, 0.2) is 0 Å². The SMILES string of the molecule is CC(C)[C@@H]1NC(=O)[C@@H]2[C@H](C)CCN2C(=O)CN=C(NC(C(=O)NC(C(=O)N[C@H](CC(=O)N2CCSCC2)CN(C)/C=C\S)[C@@H](C)c2ccccc2)C(C)(C)C)C(C(C)(C)C)NC1=O. The predicted molar refractivity (Wildman–Crippen MR) is 254 cm³/mol. The van der Waals surface area contributed by atoms with Crippen LogP contribution in [0.3, 0.4) is 0 Å². The van der Waals surface area contributed by atoms with E-state index in [1.807, 2.05) is 128 Å². The zero-order chi connectivity index (χ0) is 46.8. The van der Waals surface area contributed by atoms with E-state index in [1.165, 1.54) is 0 Å². The molecule has 0 aromatic heterocycles. The zero-order valence-electron chi connectivity index (χ0n) is 39.2. The molecule has 3 aliphatic rings. The maximum atomic E-state index is 15.0. The number of nitrogens with one attached hydrogen (secondary N) is 5. The number of amidine groups is 1. The number of rotatable bonds is 13. The zero-order valence-corrected chi connectivity index (χ0v) is 40.9. The standard InChI is InChI=1S/C46H73N9O6S2/c1-28(2)35-41(58)52-38(45(5,6)7)40(47-26-34(57)55-18-17-29(3)37(55)43(60)49-35)51-39(46(8,9)10)44(61)50-36(30(4)31-15-13-12-14-16-31)42(59)48-32(27-53(11)19-22-62)25-33(56)54-20-23-63-24-21-54/h12-16,19,22,28-30,32,35-39,62H,17-18,20-21,23-27H2,1-11H3,(H,47,51)(H,48,59)(H,49,60)(H,50,61)(H,52,58)/b22-19-/t29-,30+,32-,35+,36?,37+,38?,39?/m1/s1. The second-order valence-corrected chi connectivity index (χ2v) is 21.3. The molecule has 1 aromatic rings. The molecule has 3 aliphatic heterocycles. The molecule has 0 bridgehead atoms. The van der Waals surface area contributed by atoms with Gasteiger partial charge in [-0.3, -0.25) is 33.8 Å². The molecule has 350 valence electrons. The summed E-state index contributed by atoms with van der Waals surface area (Å²) in [5.74, 6) is -1.09. The summed E-state index contributed by atoms with van der Waals surface area (Å²) in [7, 11) is 1.84. The highest BCUT2D eigenvalue weighted by atomic mass is 32.2. The van der Waals surface area contributed by atoms with Crippen LogP contribution in [-0.2, 0) is 28.8 Å². The van der Waals surface area contributed by atoms with Gasteiger partial charge in [-0.05, 0) is 40.1 Å². The lowest BCUT2D eigenvalue weighted by atomic mass is 9.82. The Morgan fingerprint density at radius 1 is 0.952 bits per heavy atom. The lowest BCUT2D eigenvalue weighted by Gasteiger charge is -2.39. The molecule has 1 aromatic carbocycles. The first-order chi connectivity index (χ1) is 29.5. The molecule has 5 N–H and O–H groups in total. The first kappa shape index (κ1) is 51.4. The molecule has 8 atom stereocenters. The third-order valence-electron chi connectivity index (χ3n) is 12.1. The van der Waals surface area contributed by atoms with Gasteiger partial charge < -0.3 is 41.3 Å². The highest BCUT2D eigenvalue weighted by Crippen LogP contribution is 2.28. The van der Waals surface area contributed by atoms with Crippen LogP contribution in [-0.4, -0.2) is 144 Å². The van der Waals surface area contributed by atoms with Crippen molar-refractivity contribution >= 4 is 65.7 Å². The highest BCUT2D eigenvalue weighted by molar-refractivity contribution is 7.99. The van der Waals surface area contributed by atoms with Gasteiger partial charge in [0.05, 0.1) is 12.1 Å². The maximum absolute atomic E-state index is 15.0. The molecule has 0 radical (unpaired) electrons. The average molecular weight is 912 g/mol. The molecule has 2 fully saturated rings. The molecular formula is C46H73N9O6S2. The van der Waals surface area contributed by atoms with Crippen molar-refractivity contribution in [1.82, 2.24) is 41.3 Å². The number of fused-ring (bicyclic) bond motifs is 1. The summed E-state index contributed by atoms with van der Waals surface area (Å²) >= 11 is 6.03. The third-order valence-corrected chi connectivity index (χ3v) is 13.2. The lowest BCUT2D eigenvalue weighted by molar-refractivity contribution is -0.140. The Kier molecular flexibility index (Phi) is 18.4.